The van der Waals surface area contributed by atoms with Crippen LogP contribution in [0.25, 0.3) is 0 Å². The number of ether oxygens (including phenoxy) is 1. The van der Waals surface area contributed by atoms with Gasteiger partial charge in [-0.25, -0.2) is 0 Å². The molecule has 0 spiro atoms. The van der Waals surface area contributed by atoms with E-state index in [-0.39, 0.29) is 11.6 Å². The Morgan fingerprint density at radius 2 is 2.14 bits per heavy atom. The van der Waals surface area contributed by atoms with Crippen LogP contribution in [0.1, 0.15) is 6.42 Å². The van der Waals surface area contributed by atoms with E-state index in [4.69, 9.17) is 4.74 Å². The van der Waals surface area contributed by atoms with E-state index in [0.717, 1.165) is 5.69 Å². The Morgan fingerprint density at radius 1 is 1.43 bits per heavy atom. The normalized spacial score (nSPS) is 14.8. The Hall–Kier alpha value is -1.67. The summed E-state index contributed by atoms with van der Waals surface area (Å²) in [5, 5.41) is 13.7. The fraction of sp³-hybridized carbons (Fsp3) is 0.462. The molecule has 0 aliphatic carbocycles. The Kier molecular flexibility index (Phi) is 5.51. The molecule has 0 radical (unpaired) electrons. The number of nitrogens with one attached hydrogen (secondary N) is 1. The number of halogens is 1. The zero-order valence-corrected chi connectivity index (χ0v) is 13.0. The van der Waals surface area contributed by atoms with Crippen molar-refractivity contribution in [1.29, 1.82) is 0 Å². The predicted octanol–water partition coefficient (Wildman–Crippen LogP) is 2.02. The van der Waals surface area contributed by atoms with Gasteiger partial charge in [0.15, 0.2) is 0 Å². The topological polar surface area (TPSA) is 84.7 Å². The van der Waals surface area contributed by atoms with Crippen LogP contribution in [0.2, 0.25) is 0 Å². The van der Waals surface area contributed by atoms with E-state index in [1.54, 1.807) is 11.0 Å². The number of hydrogen-bond acceptors (Lipinski definition) is 5. The van der Waals surface area contributed by atoms with E-state index in [1.807, 2.05) is 0 Å². The van der Waals surface area contributed by atoms with Crippen molar-refractivity contribution < 1.29 is 14.5 Å². The van der Waals surface area contributed by atoms with Crippen LogP contribution in [0, 0.1) is 10.1 Å². The first-order valence-corrected chi connectivity index (χ1v) is 7.40. The molecule has 0 bridgehead atoms. The minimum atomic E-state index is -0.448. The van der Waals surface area contributed by atoms with E-state index < -0.39 is 4.92 Å². The van der Waals surface area contributed by atoms with Crippen LogP contribution in [-0.4, -0.2) is 48.6 Å². The summed E-state index contributed by atoms with van der Waals surface area (Å²) >= 11 is 3.28. The van der Waals surface area contributed by atoms with Crippen LogP contribution in [-0.2, 0) is 9.53 Å². The van der Waals surface area contributed by atoms with Gasteiger partial charge in [-0.05, 0) is 22.0 Å². The average Bonchev–Trinajstić information content (AvgIpc) is 2.49. The van der Waals surface area contributed by atoms with E-state index in [2.05, 4.69) is 21.2 Å². The zero-order chi connectivity index (χ0) is 15.2. The molecule has 0 unspecified atom stereocenters. The van der Waals surface area contributed by atoms with Crippen molar-refractivity contribution in [1.82, 2.24) is 4.90 Å². The van der Waals surface area contributed by atoms with Crippen LogP contribution in [0.5, 0.6) is 0 Å². The van der Waals surface area contributed by atoms with Gasteiger partial charge in [-0.1, -0.05) is 0 Å². The minimum Gasteiger partial charge on any atom is -0.384 e. The Balaban J connectivity index is 1.83. The van der Waals surface area contributed by atoms with Crippen LogP contribution >= 0.6 is 15.9 Å². The average molecular weight is 358 g/mol. The second-order valence-electron chi connectivity index (χ2n) is 4.59. The molecule has 1 aromatic rings. The lowest BCUT2D eigenvalue weighted by atomic mass is 10.2. The van der Waals surface area contributed by atoms with Crippen LogP contribution in [0.3, 0.4) is 0 Å². The summed E-state index contributed by atoms with van der Waals surface area (Å²) in [7, 11) is 0. The van der Waals surface area contributed by atoms with E-state index >= 15 is 0 Å². The summed E-state index contributed by atoms with van der Waals surface area (Å²) in [6.45, 7) is 2.94. The van der Waals surface area contributed by atoms with E-state index in [9.17, 15) is 14.9 Å². The number of carbonyl (C=O) groups excluding carboxylic acids is 1. The molecule has 1 fully saturated rings. The number of morpholine rings is 1. The number of carbonyl (C=O) groups is 1. The zero-order valence-electron chi connectivity index (χ0n) is 11.4. The van der Waals surface area contributed by atoms with Gasteiger partial charge in [0.1, 0.15) is 0 Å². The molecule has 7 nitrogen and oxygen atoms in total. The molecule has 0 saturated carbocycles. The minimum absolute atomic E-state index is 0.0248. The second-order valence-corrected chi connectivity index (χ2v) is 5.45. The summed E-state index contributed by atoms with van der Waals surface area (Å²) in [6.07, 6.45) is 0.378. The highest BCUT2D eigenvalue weighted by Crippen LogP contribution is 2.26. The molecule has 21 heavy (non-hydrogen) atoms. The number of anilines is 1. The summed E-state index contributed by atoms with van der Waals surface area (Å²) < 4.78 is 5.81. The molecular formula is C13H16BrN3O4. The molecular weight excluding hydrogens is 342 g/mol. The van der Waals surface area contributed by atoms with E-state index in [1.165, 1.54) is 12.1 Å². The van der Waals surface area contributed by atoms with Crippen molar-refractivity contribution in [3.8, 4) is 0 Å². The highest BCUT2D eigenvalue weighted by molar-refractivity contribution is 9.10. The van der Waals surface area contributed by atoms with Gasteiger partial charge in [0.05, 0.1) is 18.1 Å². The first-order chi connectivity index (χ1) is 10.1. The van der Waals surface area contributed by atoms with Crippen molar-refractivity contribution in [2.24, 2.45) is 0 Å². The van der Waals surface area contributed by atoms with Gasteiger partial charge in [-0.2, -0.15) is 0 Å². The number of nitrogens with zero attached hydrogens (tertiary/aromatic N) is 2. The maximum atomic E-state index is 11.9. The van der Waals surface area contributed by atoms with Crippen LogP contribution < -0.4 is 5.32 Å². The lowest BCUT2D eigenvalue weighted by Gasteiger charge is -2.26. The third kappa shape index (κ3) is 4.40. The predicted molar refractivity (Wildman–Crippen MR) is 81.3 cm³/mol. The van der Waals surface area contributed by atoms with Crippen molar-refractivity contribution in [2.75, 3.05) is 38.2 Å². The quantitative estimate of drug-likeness (QED) is 0.643. The first-order valence-electron chi connectivity index (χ1n) is 6.61. The molecule has 114 valence electrons. The third-order valence-electron chi connectivity index (χ3n) is 3.18. The fourth-order valence-corrected chi connectivity index (χ4v) is 2.54. The number of non-ortho nitro benzene ring substituents is 1. The Labute approximate surface area is 130 Å². The third-order valence-corrected chi connectivity index (χ3v) is 3.84. The van der Waals surface area contributed by atoms with Crippen molar-refractivity contribution >= 4 is 33.2 Å². The van der Waals surface area contributed by atoms with Crippen LogP contribution in [0.4, 0.5) is 11.4 Å². The maximum Gasteiger partial charge on any atom is 0.270 e. The summed E-state index contributed by atoms with van der Waals surface area (Å²) in [4.78, 5) is 23.9. The van der Waals surface area contributed by atoms with Crippen molar-refractivity contribution in [3.63, 3.8) is 0 Å². The second kappa shape index (κ2) is 7.37. The van der Waals surface area contributed by atoms with Gasteiger partial charge in [-0.3, -0.25) is 14.9 Å². The molecule has 0 atom stereocenters. The number of hydrogen-bond donors (Lipinski definition) is 1. The fourth-order valence-electron chi connectivity index (χ4n) is 2.04. The lowest BCUT2D eigenvalue weighted by Crippen LogP contribution is -2.41. The largest absolute Gasteiger partial charge is 0.384 e. The van der Waals surface area contributed by atoms with Gasteiger partial charge in [0, 0.05) is 48.3 Å². The van der Waals surface area contributed by atoms with Crippen LogP contribution in [0.15, 0.2) is 22.7 Å². The maximum absolute atomic E-state index is 11.9. The van der Waals surface area contributed by atoms with E-state index in [0.29, 0.717) is 43.7 Å². The summed E-state index contributed by atoms with van der Waals surface area (Å²) in [6, 6.07) is 4.49. The SMILES string of the molecule is O=C(CCNc1ccc([N+](=O)[O-])cc1Br)N1CCOCC1. The molecule has 0 aromatic heterocycles. The highest BCUT2D eigenvalue weighted by Gasteiger charge is 2.16. The molecule has 1 aromatic carbocycles. The monoisotopic (exact) mass is 357 g/mol. The number of nitro groups is 1. The number of benzene rings is 1. The van der Waals surface area contributed by atoms with Gasteiger partial charge >= 0.3 is 0 Å². The van der Waals surface area contributed by atoms with Gasteiger partial charge in [-0.15, -0.1) is 0 Å². The summed E-state index contributed by atoms with van der Waals surface area (Å²) in [5.74, 6) is 0.0869. The van der Waals surface area contributed by atoms with Gasteiger partial charge in [0.25, 0.3) is 5.69 Å². The number of nitro benzene ring substituents is 1. The smallest absolute Gasteiger partial charge is 0.270 e. The van der Waals surface area contributed by atoms with Crippen molar-refractivity contribution in [3.05, 3.63) is 32.8 Å². The van der Waals surface area contributed by atoms with Crippen molar-refractivity contribution in [2.45, 2.75) is 6.42 Å². The molecule has 1 saturated heterocycles. The number of amides is 1. The molecule has 2 rings (SSSR count). The Bertz CT molecular complexity index is 532. The Morgan fingerprint density at radius 3 is 2.76 bits per heavy atom. The molecule has 1 N–H and O–H groups in total. The van der Waals surface area contributed by atoms with Gasteiger partial charge < -0.3 is 15.0 Å². The molecule has 1 amide bonds. The lowest BCUT2D eigenvalue weighted by molar-refractivity contribution is -0.384. The van der Waals surface area contributed by atoms with Gasteiger partial charge in [0.2, 0.25) is 5.91 Å². The molecule has 8 heteroatoms. The molecule has 1 heterocycles. The summed E-state index contributed by atoms with van der Waals surface area (Å²) in [5.41, 5.74) is 0.757. The number of rotatable bonds is 5. The highest BCUT2D eigenvalue weighted by atomic mass is 79.9. The molecule has 1 aliphatic rings. The first kappa shape index (κ1) is 15.7. The standard InChI is InChI=1S/C13H16BrN3O4/c14-11-9-10(17(19)20)1-2-12(11)15-4-3-13(18)16-5-7-21-8-6-16/h1-2,9,15H,3-8H2. The molecule has 1 aliphatic heterocycles.